The quantitative estimate of drug-likeness (QED) is 0.608. The Bertz CT molecular complexity index is 117. The molecule has 0 unspecified atom stereocenters. The second kappa shape index (κ2) is 2.76. The minimum Gasteiger partial charge on any atom is -0.350 e. The van der Waals surface area contributed by atoms with E-state index in [0.29, 0.717) is 5.92 Å². The van der Waals surface area contributed by atoms with Crippen molar-refractivity contribution >= 4 is 0 Å². The minimum absolute atomic E-state index is 0.163. The van der Waals surface area contributed by atoms with E-state index < -0.39 is 0 Å². The first-order chi connectivity index (χ1) is 5.35. The van der Waals surface area contributed by atoms with Crippen LogP contribution in [0.3, 0.4) is 0 Å². The van der Waals surface area contributed by atoms with Crippen LogP contribution in [-0.2, 0) is 9.47 Å². The van der Waals surface area contributed by atoms with E-state index in [2.05, 4.69) is 6.92 Å². The van der Waals surface area contributed by atoms with Crippen LogP contribution in [-0.4, -0.2) is 19.0 Å². The summed E-state index contributed by atoms with van der Waals surface area (Å²) >= 11 is 0. The summed E-state index contributed by atoms with van der Waals surface area (Å²) in [5.74, 6) is 0.525. The fraction of sp³-hybridized carbons (Fsp3) is 1.00. The van der Waals surface area contributed by atoms with Crippen LogP contribution in [0.2, 0.25) is 0 Å². The highest BCUT2D eigenvalue weighted by molar-refractivity contribution is 4.82. The highest BCUT2D eigenvalue weighted by atomic mass is 16.7. The number of hydrogen-bond acceptors (Lipinski definition) is 2. The van der Waals surface area contributed by atoms with Crippen molar-refractivity contribution in [3.63, 3.8) is 0 Å². The van der Waals surface area contributed by atoms with E-state index in [9.17, 15) is 0 Å². The lowest BCUT2D eigenvalue weighted by Crippen LogP contribution is -2.49. The standard InChI is InChI=1S/C9H16O2/c1-2-4-9-5-3-8(6-10-9)7-11-9/h8H,2-7H2,1H3. The molecular weight excluding hydrogens is 140 g/mol. The molecule has 0 atom stereocenters. The van der Waals surface area contributed by atoms with Crippen LogP contribution in [0.4, 0.5) is 0 Å². The molecule has 3 fully saturated rings. The van der Waals surface area contributed by atoms with Gasteiger partial charge in [0.2, 0.25) is 0 Å². The van der Waals surface area contributed by atoms with E-state index in [0.717, 1.165) is 32.5 Å². The summed E-state index contributed by atoms with van der Waals surface area (Å²) in [4.78, 5) is 0. The monoisotopic (exact) mass is 156 g/mol. The highest BCUT2D eigenvalue weighted by Crippen LogP contribution is 2.38. The summed E-state index contributed by atoms with van der Waals surface area (Å²) in [7, 11) is 0. The van der Waals surface area contributed by atoms with E-state index >= 15 is 0 Å². The van der Waals surface area contributed by atoms with Gasteiger partial charge in [-0.25, -0.2) is 0 Å². The number of rotatable bonds is 2. The summed E-state index contributed by atoms with van der Waals surface area (Å²) in [5, 5.41) is 0. The zero-order valence-corrected chi connectivity index (χ0v) is 7.14. The van der Waals surface area contributed by atoms with Gasteiger partial charge in [0.05, 0.1) is 13.2 Å². The lowest BCUT2D eigenvalue weighted by Gasteiger charge is -2.46. The normalized spacial score (nSPS) is 42.8. The Hall–Kier alpha value is -0.0800. The summed E-state index contributed by atoms with van der Waals surface area (Å²) in [6, 6.07) is 0. The maximum absolute atomic E-state index is 5.68. The second-order valence-corrected chi connectivity index (χ2v) is 3.69. The Morgan fingerprint density at radius 2 is 2.09 bits per heavy atom. The molecule has 11 heavy (non-hydrogen) atoms. The van der Waals surface area contributed by atoms with Crippen LogP contribution in [0.15, 0.2) is 0 Å². The van der Waals surface area contributed by atoms with Gasteiger partial charge < -0.3 is 9.47 Å². The maximum atomic E-state index is 5.68. The first-order valence-corrected chi connectivity index (χ1v) is 4.62. The molecule has 3 saturated heterocycles. The van der Waals surface area contributed by atoms with Crippen molar-refractivity contribution < 1.29 is 9.47 Å². The third kappa shape index (κ3) is 1.30. The molecule has 3 rings (SSSR count). The Morgan fingerprint density at radius 1 is 1.36 bits per heavy atom. The van der Waals surface area contributed by atoms with Crippen molar-refractivity contribution in [1.82, 2.24) is 0 Å². The summed E-state index contributed by atoms with van der Waals surface area (Å²) in [6.45, 7) is 4.04. The van der Waals surface area contributed by atoms with Crippen LogP contribution in [0.1, 0.15) is 32.6 Å². The summed E-state index contributed by atoms with van der Waals surface area (Å²) in [5.41, 5.74) is 0. The molecule has 0 aliphatic carbocycles. The average molecular weight is 156 g/mol. The van der Waals surface area contributed by atoms with Crippen molar-refractivity contribution in [2.45, 2.75) is 38.4 Å². The van der Waals surface area contributed by atoms with Crippen LogP contribution in [0.25, 0.3) is 0 Å². The van der Waals surface area contributed by atoms with Gasteiger partial charge in [0.15, 0.2) is 5.79 Å². The highest BCUT2D eigenvalue weighted by Gasteiger charge is 2.41. The molecule has 3 aliphatic heterocycles. The molecule has 2 heteroatoms. The van der Waals surface area contributed by atoms with Crippen LogP contribution < -0.4 is 0 Å². The molecule has 0 saturated carbocycles. The molecule has 0 N–H and O–H groups in total. The number of ether oxygens (including phenoxy) is 2. The van der Waals surface area contributed by atoms with Gasteiger partial charge in [0.1, 0.15) is 0 Å². The predicted molar refractivity (Wildman–Crippen MR) is 42.3 cm³/mol. The van der Waals surface area contributed by atoms with Gasteiger partial charge in [-0.15, -0.1) is 0 Å². The molecule has 3 heterocycles. The molecular formula is C9H16O2. The Labute approximate surface area is 67.9 Å². The molecule has 2 bridgehead atoms. The van der Waals surface area contributed by atoms with Crippen molar-refractivity contribution in [3.05, 3.63) is 0 Å². The van der Waals surface area contributed by atoms with Gasteiger partial charge in [-0.1, -0.05) is 13.3 Å². The summed E-state index contributed by atoms with van der Waals surface area (Å²) < 4.78 is 11.4. The molecule has 0 amide bonds. The molecule has 0 spiro atoms. The molecule has 0 aromatic heterocycles. The Morgan fingerprint density at radius 3 is 2.55 bits per heavy atom. The van der Waals surface area contributed by atoms with E-state index in [-0.39, 0.29) is 5.79 Å². The summed E-state index contributed by atoms with van der Waals surface area (Å²) in [6.07, 6.45) is 4.65. The van der Waals surface area contributed by atoms with Gasteiger partial charge in [-0.2, -0.15) is 0 Å². The zero-order chi connectivity index (χ0) is 7.73. The fourth-order valence-electron chi connectivity index (χ4n) is 2.01. The molecule has 2 nitrogen and oxygen atoms in total. The van der Waals surface area contributed by atoms with Gasteiger partial charge in [0, 0.05) is 18.8 Å². The predicted octanol–water partition coefficient (Wildman–Crippen LogP) is 1.94. The van der Waals surface area contributed by atoms with Crippen molar-refractivity contribution in [2.75, 3.05) is 13.2 Å². The van der Waals surface area contributed by atoms with Crippen molar-refractivity contribution in [1.29, 1.82) is 0 Å². The first-order valence-electron chi connectivity index (χ1n) is 4.62. The van der Waals surface area contributed by atoms with Gasteiger partial charge in [-0.05, 0) is 6.42 Å². The first kappa shape index (κ1) is 7.56. The zero-order valence-electron chi connectivity index (χ0n) is 7.14. The average Bonchev–Trinajstić information content (AvgIpc) is 2.07. The lowest BCUT2D eigenvalue weighted by molar-refractivity contribution is -0.317. The molecule has 3 aliphatic rings. The lowest BCUT2D eigenvalue weighted by atomic mass is 9.91. The van der Waals surface area contributed by atoms with Crippen LogP contribution >= 0.6 is 0 Å². The third-order valence-electron chi connectivity index (χ3n) is 2.73. The second-order valence-electron chi connectivity index (χ2n) is 3.69. The van der Waals surface area contributed by atoms with Crippen LogP contribution in [0, 0.1) is 5.92 Å². The maximum Gasteiger partial charge on any atom is 0.168 e. The van der Waals surface area contributed by atoms with Crippen LogP contribution in [0.5, 0.6) is 0 Å². The van der Waals surface area contributed by atoms with E-state index in [1.807, 2.05) is 0 Å². The van der Waals surface area contributed by atoms with E-state index in [4.69, 9.17) is 9.47 Å². The van der Waals surface area contributed by atoms with Crippen molar-refractivity contribution in [2.24, 2.45) is 5.92 Å². The van der Waals surface area contributed by atoms with E-state index in [1.165, 1.54) is 6.42 Å². The van der Waals surface area contributed by atoms with E-state index in [1.54, 1.807) is 0 Å². The SMILES string of the molecule is CCCC12CCC(CO1)CO2. The number of fused-ring (bicyclic) bond motifs is 3. The third-order valence-corrected chi connectivity index (χ3v) is 2.73. The molecule has 0 aromatic rings. The number of hydrogen-bond donors (Lipinski definition) is 0. The van der Waals surface area contributed by atoms with Crippen molar-refractivity contribution in [3.8, 4) is 0 Å². The van der Waals surface area contributed by atoms with Gasteiger partial charge >= 0.3 is 0 Å². The Balaban J connectivity index is 2.00. The molecule has 0 aromatic carbocycles. The van der Waals surface area contributed by atoms with Gasteiger partial charge in [0.25, 0.3) is 0 Å². The topological polar surface area (TPSA) is 18.5 Å². The van der Waals surface area contributed by atoms with Gasteiger partial charge in [-0.3, -0.25) is 0 Å². The fourth-order valence-corrected chi connectivity index (χ4v) is 2.01. The smallest absolute Gasteiger partial charge is 0.168 e. The molecule has 0 radical (unpaired) electrons. The largest absolute Gasteiger partial charge is 0.350 e. The minimum atomic E-state index is -0.163. The Kier molecular flexibility index (Phi) is 1.90. The molecule has 64 valence electrons.